The van der Waals surface area contributed by atoms with Gasteiger partial charge in [0.25, 0.3) is 10.0 Å². The number of quaternary nitrogens is 1. The van der Waals surface area contributed by atoms with Gasteiger partial charge in [0.1, 0.15) is 0 Å². The third-order valence-electron chi connectivity index (χ3n) is 1.57. The quantitative estimate of drug-likeness (QED) is 0.554. The molecule has 5 heteroatoms. The zero-order valence-electron chi connectivity index (χ0n) is 6.83. The minimum Gasteiger partial charge on any atom is -0.315 e. The molecular weight excluding hydrogens is 152 g/mol. The van der Waals surface area contributed by atoms with Gasteiger partial charge < -0.3 is 4.48 Å². The van der Waals surface area contributed by atoms with Crippen molar-refractivity contribution in [3.05, 3.63) is 0 Å². The molecule has 0 fully saturated rings. The standard InChI is InChI=1S/C5H15N2O2S/c1-5(7(2,3)4)10(6,8)9/h5H,1-4H3,(H2,6,8,9)/q+1. The lowest BCUT2D eigenvalue weighted by Gasteiger charge is -2.29. The van der Waals surface area contributed by atoms with Crippen molar-refractivity contribution < 1.29 is 12.9 Å². The summed E-state index contributed by atoms with van der Waals surface area (Å²) >= 11 is 0. The van der Waals surface area contributed by atoms with Crippen LogP contribution in [0.15, 0.2) is 0 Å². The Bertz CT molecular complexity index is 202. The van der Waals surface area contributed by atoms with E-state index < -0.39 is 15.4 Å². The Kier molecular flexibility index (Phi) is 2.45. The first-order chi connectivity index (χ1) is 4.15. The van der Waals surface area contributed by atoms with Gasteiger partial charge in [-0.3, -0.25) is 0 Å². The summed E-state index contributed by atoms with van der Waals surface area (Å²) in [5, 5.41) is 4.37. The van der Waals surface area contributed by atoms with Crippen LogP contribution >= 0.6 is 0 Å². The van der Waals surface area contributed by atoms with Crippen molar-refractivity contribution in [2.75, 3.05) is 21.1 Å². The molecule has 2 N–H and O–H groups in total. The summed E-state index contributed by atoms with van der Waals surface area (Å²) in [5.74, 6) is 0. The second kappa shape index (κ2) is 2.48. The molecule has 0 aliphatic heterocycles. The molecule has 10 heavy (non-hydrogen) atoms. The lowest BCUT2D eigenvalue weighted by molar-refractivity contribution is -0.879. The molecule has 0 radical (unpaired) electrons. The Balaban J connectivity index is 4.56. The second-order valence-corrected chi connectivity index (χ2v) is 5.16. The van der Waals surface area contributed by atoms with Crippen molar-refractivity contribution >= 4 is 10.0 Å². The van der Waals surface area contributed by atoms with Crippen LogP contribution in [0.4, 0.5) is 0 Å². The molecule has 0 rings (SSSR count). The largest absolute Gasteiger partial charge is 0.315 e. The fraction of sp³-hybridized carbons (Fsp3) is 1.00. The van der Waals surface area contributed by atoms with Crippen LogP contribution in [0.2, 0.25) is 0 Å². The summed E-state index contributed by atoms with van der Waals surface area (Å²) in [6.07, 6.45) is 0. The second-order valence-electron chi connectivity index (χ2n) is 3.30. The molecule has 4 nitrogen and oxygen atoms in total. The maximum absolute atomic E-state index is 10.7. The van der Waals surface area contributed by atoms with Gasteiger partial charge in [-0.15, -0.1) is 0 Å². The number of nitrogens with zero attached hydrogens (tertiary/aromatic N) is 1. The summed E-state index contributed by atoms with van der Waals surface area (Å²) in [6.45, 7) is 1.59. The molecule has 0 saturated carbocycles. The fourth-order valence-electron chi connectivity index (χ4n) is 0.441. The Morgan fingerprint density at radius 3 is 1.60 bits per heavy atom. The molecule has 0 heterocycles. The average Bonchev–Trinajstić information content (AvgIpc) is 1.59. The minimum absolute atomic E-state index is 0.332. The van der Waals surface area contributed by atoms with E-state index in [1.54, 1.807) is 28.1 Å². The molecule has 0 amide bonds. The van der Waals surface area contributed by atoms with Gasteiger partial charge >= 0.3 is 0 Å². The highest BCUT2D eigenvalue weighted by atomic mass is 32.2. The lowest BCUT2D eigenvalue weighted by atomic mass is 10.6. The maximum Gasteiger partial charge on any atom is 0.262 e. The summed E-state index contributed by atoms with van der Waals surface area (Å²) < 4.78 is 21.8. The van der Waals surface area contributed by atoms with Crippen LogP contribution in [0.1, 0.15) is 6.92 Å². The molecule has 62 valence electrons. The Labute approximate surface area is 62.3 Å². The van der Waals surface area contributed by atoms with Crippen LogP contribution < -0.4 is 5.14 Å². The Morgan fingerprint density at radius 1 is 1.30 bits per heavy atom. The van der Waals surface area contributed by atoms with Crippen LogP contribution in [0.5, 0.6) is 0 Å². The number of nitrogens with two attached hydrogens (primary N) is 1. The number of sulfonamides is 1. The zero-order valence-corrected chi connectivity index (χ0v) is 7.64. The van der Waals surface area contributed by atoms with E-state index >= 15 is 0 Å². The molecule has 0 spiro atoms. The van der Waals surface area contributed by atoms with Gasteiger partial charge in [0, 0.05) is 6.92 Å². The average molecular weight is 167 g/mol. The van der Waals surface area contributed by atoms with Crippen molar-refractivity contribution in [1.29, 1.82) is 0 Å². The number of hydrogen-bond donors (Lipinski definition) is 1. The highest BCUT2D eigenvalue weighted by Gasteiger charge is 2.28. The highest BCUT2D eigenvalue weighted by molar-refractivity contribution is 7.89. The topological polar surface area (TPSA) is 60.2 Å². The minimum atomic E-state index is -3.39. The van der Waals surface area contributed by atoms with Gasteiger partial charge in [-0.05, 0) is 0 Å². The molecule has 0 aromatic heterocycles. The van der Waals surface area contributed by atoms with E-state index in [1.807, 2.05) is 0 Å². The normalized spacial score (nSPS) is 16.9. The van der Waals surface area contributed by atoms with E-state index in [1.165, 1.54) is 0 Å². The smallest absolute Gasteiger partial charge is 0.262 e. The van der Waals surface area contributed by atoms with Gasteiger partial charge in [0.2, 0.25) is 5.37 Å². The van der Waals surface area contributed by atoms with Crippen molar-refractivity contribution in [1.82, 2.24) is 0 Å². The number of rotatable bonds is 2. The van der Waals surface area contributed by atoms with E-state index in [0.29, 0.717) is 4.48 Å². The number of primary sulfonamides is 1. The van der Waals surface area contributed by atoms with E-state index in [-0.39, 0.29) is 0 Å². The van der Waals surface area contributed by atoms with Crippen molar-refractivity contribution in [3.63, 3.8) is 0 Å². The first kappa shape index (κ1) is 9.87. The third-order valence-corrected chi connectivity index (χ3v) is 3.15. The van der Waals surface area contributed by atoms with Crippen molar-refractivity contribution in [3.8, 4) is 0 Å². The molecule has 1 atom stereocenters. The molecule has 1 unspecified atom stereocenters. The lowest BCUT2D eigenvalue weighted by Crippen LogP contribution is -2.50. The molecule has 0 aromatic rings. The van der Waals surface area contributed by atoms with E-state index in [9.17, 15) is 8.42 Å². The van der Waals surface area contributed by atoms with Gasteiger partial charge in [0.05, 0.1) is 21.1 Å². The van der Waals surface area contributed by atoms with E-state index in [2.05, 4.69) is 0 Å². The Morgan fingerprint density at radius 2 is 1.60 bits per heavy atom. The first-order valence-electron chi connectivity index (χ1n) is 2.98. The van der Waals surface area contributed by atoms with E-state index in [0.717, 1.165) is 0 Å². The van der Waals surface area contributed by atoms with Crippen LogP contribution in [0.3, 0.4) is 0 Å². The summed E-state index contributed by atoms with van der Waals surface area (Å²) in [6, 6.07) is 0. The maximum atomic E-state index is 10.7. The number of hydrogen-bond acceptors (Lipinski definition) is 2. The van der Waals surface area contributed by atoms with Crippen molar-refractivity contribution in [2.45, 2.75) is 12.3 Å². The highest BCUT2D eigenvalue weighted by Crippen LogP contribution is 2.05. The summed E-state index contributed by atoms with van der Waals surface area (Å²) in [7, 11) is 1.97. The molecular formula is C5H15N2O2S+. The predicted octanol–water partition coefficient (Wildman–Crippen LogP) is -0.673. The summed E-state index contributed by atoms with van der Waals surface area (Å²) in [5.41, 5.74) is 0. The molecule has 0 bridgehead atoms. The van der Waals surface area contributed by atoms with Gasteiger partial charge in [-0.2, -0.15) is 0 Å². The van der Waals surface area contributed by atoms with Crippen LogP contribution in [0, 0.1) is 0 Å². The molecule has 0 aromatic carbocycles. The monoisotopic (exact) mass is 167 g/mol. The fourth-order valence-corrected chi connectivity index (χ4v) is 1.32. The summed E-state index contributed by atoms with van der Waals surface area (Å²) in [4.78, 5) is 0. The van der Waals surface area contributed by atoms with Crippen LogP contribution in [0.25, 0.3) is 0 Å². The molecule has 0 aliphatic rings. The molecule has 0 saturated heterocycles. The molecule has 0 aliphatic carbocycles. The van der Waals surface area contributed by atoms with Gasteiger partial charge in [0.15, 0.2) is 0 Å². The van der Waals surface area contributed by atoms with Crippen LogP contribution in [-0.4, -0.2) is 39.4 Å². The Hall–Kier alpha value is -0.130. The third kappa shape index (κ3) is 2.64. The first-order valence-corrected chi connectivity index (χ1v) is 4.59. The van der Waals surface area contributed by atoms with Gasteiger partial charge in [-0.25, -0.2) is 13.6 Å². The van der Waals surface area contributed by atoms with Crippen molar-refractivity contribution in [2.24, 2.45) is 5.14 Å². The SMILES string of the molecule is CC([N+](C)(C)C)S(N)(=O)=O. The van der Waals surface area contributed by atoms with Gasteiger partial charge in [-0.1, -0.05) is 0 Å². The van der Waals surface area contributed by atoms with E-state index in [4.69, 9.17) is 5.14 Å². The predicted molar refractivity (Wildman–Crippen MR) is 40.6 cm³/mol. The van der Waals surface area contributed by atoms with Crippen LogP contribution in [-0.2, 0) is 10.0 Å². The zero-order chi connectivity index (χ0) is 8.58.